The number of nitrogens with one attached hydrogen (secondary N) is 2. The first-order chi connectivity index (χ1) is 14.7. The number of morpholine rings is 1. The Morgan fingerprint density at radius 2 is 1.70 bits per heavy atom. The summed E-state index contributed by atoms with van der Waals surface area (Å²) in [6, 6.07) is 16.5. The first kappa shape index (κ1) is 20.0. The molecular formula is C21H21N5O3S. The highest BCUT2D eigenvalue weighted by Gasteiger charge is 2.17. The van der Waals surface area contributed by atoms with Crippen LogP contribution in [0.4, 0.5) is 15.6 Å². The van der Waals surface area contributed by atoms with E-state index in [0.29, 0.717) is 49.1 Å². The lowest BCUT2D eigenvalue weighted by atomic mass is 10.2. The average Bonchev–Trinajstić information content (AvgIpc) is 3.22. The fourth-order valence-corrected chi connectivity index (χ4v) is 3.76. The summed E-state index contributed by atoms with van der Waals surface area (Å²) in [4.78, 5) is 26.4. The Bertz CT molecular complexity index is 1000. The number of amides is 3. The predicted octanol–water partition coefficient (Wildman–Crippen LogP) is 3.25. The number of carbonyl (C=O) groups excluding carboxylic acids is 2. The normalized spacial score (nSPS) is 13.7. The van der Waals surface area contributed by atoms with Crippen LogP contribution in [0.2, 0.25) is 0 Å². The molecule has 1 saturated heterocycles. The molecule has 0 radical (unpaired) electrons. The number of urea groups is 1. The Hall–Kier alpha value is -3.30. The maximum atomic E-state index is 12.5. The summed E-state index contributed by atoms with van der Waals surface area (Å²) >= 11 is 1.35. The number of ether oxygens (including phenoxy) is 1. The van der Waals surface area contributed by atoms with Gasteiger partial charge in [-0.1, -0.05) is 41.7 Å². The first-order valence-electron chi connectivity index (χ1n) is 9.59. The lowest BCUT2D eigenvalue weighted by Crippen LogP contribution is -2.43. The van der Waals surface area contributed by atoms with E-state index < -0.39 is 0 Å². The summed E-state index contributed by atoms with van der Waals surface area (Å²) in [6.07, 6.45) is 0.673. The zero-order valence-electron chi connectivity index (χ0n) is 16.2. The van der Waals surface area contributed by atoms with E-state index in [2.05, 4.69) is 20.8 Å². The molecule has 2 N–H and O–H groups in total. The molecule has 0 aliphatic carbocycles. The zero-order valence-corrected chi connectivity index (χ0v) is 17.0. The predicted molar refractivity (Wildman–Crippen MR) is 115 cm³/mol. The van der Waals surface area contributed by atoms with Crippen LogP contribution in [0, 0.1) is 0 Å². The number of aromatic nitrogens is 2. The number of hydrogen-bond donors (Lipinski definition) is 2. The van der Waals surface area contributed by atoms with Crippen LogP contribution in [0.25, 0.3) is 0 Å². The van der Waals surface area contributed by atoms with Crippen LogP contribution in [0.3, 0.4) is 0 Å². The van der Waals surface area contributed by atoms with E-state index in [1.807, 2.05) is 30.3 Å². The molecule has 0 spiro atoms. The topological polar surface area (TPSA) is 96.4 Å². The maximum Gasteiger partial charge on any atom is 0.321 e. The van der Waals surface area contributed by atoms with Gasteiger partial charge in [0.15, 0.2) is 0 Å². The Kier molecular flexibility index (Phi) is 6.31. The van der Waals surface area contributed by atoms with Gasteiger partial charge in [-0.3, -0.25) is 10.1 Å². The van der Waals surface area contributed by atoms with Crippen molar-refractivity contribution in [1.82, 2.24) is 15.1 Å². The molecule has 1 aliphatic rings. The fraction of sp³-hybridized carbons (Fsp3) is 0.238. The lowest BCUT2D eigenvalue weighted by molar-refractivity contribution is 0.0564. The van der Waals surface area contributed by atoms with Crippen molar-refractivity contribution in [3.8, 4) is 0 Å². The third-order valence-electron chi connectivity index (χ3n) is 4.58. The van der Waals surface area contributed by atoms with Crippen LogP contribution in [0.1, 0.15) is 20.9 Å². The SMILES string of the molecule is O=C(Nc1nnc(Cc2ccccc2)s1)c1ccc(NC(=O)N2CCOCC2)cc1. The van der Waals surface area contributed by atoms with E-state index >= 15 is 0 Å². The zero-order chi connectivity index (χ0) is 20.8. The minimum Gasteiger partial charge on any atom is -0.378 e. The summed E-state index contributed by atoms with van der Waals surface area (Å²) in [5, 5.41) is 15.1. The van der Waals surface area contributed by atoms with Gasteiger partial charge in [-0.05, 0) is 29.8 Å². The quantitative estimate of drug-likeness (QED) is 0.657. The molecule has 0 saturated carbocycles. The summed E-state index contributed by atoms with van der Waals surface area (Å²) in [6.45, 7) is 2.23. The van der Waals surface area contributed by atoms with Crippen LogP contribution < -0.4 is 10.6 Å². The van der Waals surface area contributed by atoms with Crippen LogP contribution in [-0.2, 0) is 11.2 Å². The van der Waals surface area contributed by atoms with Gasteiger partial charge in [-0.25, -0.2) is 4.79 Å². The Labute approximate surface area is 177 Å². The second-order valence-corrected chi connectivity index (χ2v) is 7.79. The second-order valence-electron chi connectivity index (χ2n) is 6.72. The maximum absolute atomic E-state index is 12.5. The smallest absolute Gasteiger partial charge is 0.321 e. The highest BCUT2D eigenvalue weighted by atomic mass is 32.1. The fourth-order valence-electron chi connectivity index (χ4n) is 2.99. The van der Waals surface area contributed by atoms with Gasteiger partial charge in [0.2, 0.25) is 5.13 Å². The third kappa shape index (κ3) is 5.19. The minimum atomic E-state index is -0.275. The van der Waals surface area contributed by atoms with E-state index in [1.54, 1.807) is 29.2 Å². The summed E-state index contributed by atoms with van der Waals surface area (Å²) in [5.41, 5.74) is 2.24. The van der Waals surface area contributed by atoms with Gasteiger partial charge in [0.25, 0.3) is 5.91 Å². The molecule has 0 atom stereocenters. The molecule has 1 fully saturated rings. The van der Waals surface area contributed by atoms with Crippen molar-refractivity contribution in [2.75, 3.05) is 36.9 Å². The van der Waals surface area contributed by atoms with E-state index in [9.17, 15) is 9.59 Å². The van der Waals surface area contributed by atoms with Gasteiger partial charge in [0, 0.05) is 30.8 Å². The van der Waals surface area contributed by atoms with Gasteiger partial charge < -0.3 is 15.0 Å². The van der Waals surface area contributed by atoms with Crippen molar-refractivity contribution in [1.29, 1.82) is 0 Å². The number of rotatable bonds is 5. The summed E-state index contributed by atoms with van der Waals surface area (Å²) < 4.78 is 5.25. The van der Waals surface area contributed by atoms with Crippen molar-refractivity contribution < 1.29 is 14.3 Å². The molecule has 9 heteroatoms. The van der Waals surface area contributed by atoms with Gasteiger partial charge in [0.05, 0.1) is 13.2 Å². The molecule has 3 aromatic rings. The van der Waals surface area contributed by atoms with Crippen molar-refractivity contribution >= 4 is 34.1 Å². The standard InChI is InChI=1S/C21H21N5O3S/c27-19(23-20-25-24-18(30-20)14-15-4-2-1-3-5-15)16-6-8-17(9-7-16)22-21(28)26-10-12-29-13-11-26/h1-9H,10-14H2,(H,22,28)(H,23,25,27). The highest BCUT2D eigenvalue weighted by molar-refractivity contribution is 7.15. The van der Waals surface area contributed by atoms with Crippen molar-refractivity contribution in [2.24, 2.45) is 0 Å². The number of anilines is 2. The molecule has 0 bridgehead atoms. The molecule has 8 nitrogen and oxygen atoms in total. The average molecular weight is 423 g/mol. The van der Waals surface area contributed by atoms with Gasteiger partial charge in [0.1, 0.15) is 5.01 Å². The summed E-state index contributed by atoms with van der Waals surface area (Å²) in [5.74, 6) is -0.275. The highest BCUT2D eigenvalue weighted by Crippen LogP contribution is 2.20. The molecule has 3 amide bonds. The molecule has 1 aromatic heterocycles. The van der Waals surface area contributed by atoms with E-state index in [1.165, 1.54) is 11.3 Å². The number of nitrogens with zero attached hydrogens (tertiary/aromatic N) is 3. The van der Waals surface area contributed by atoms with Crippen LogP contribution in [0.5, 0.6) is 0 Å². The Balaban J connectivity index is 1.32. The molecular weight excluding hydrogens is 402 g/mol. The van der Waals surface area contributed by atoms with Gasteiger partial charge in [-0.2, -0.15) is 0 Å². The third-order valence-corrected chi connectivity index (χ3v) is 5.42. The van der Waals surface area contributed by atoms with Crippen LogP contribution in [-0.4, -0.2) is 53.3 Å². The minimum absolute atomic E-state index is 0.171. The van der Waals surface area contributed by atoms with Crippen LogP contribution >= 0.6 is 11.3 Å². The monoisotopic (exact) mass is 423 g/mol. The second kappa shape index (κ2) is 9.47. The first-order valence-corrected chi connectivity index (χ1v) is 10.4. The lowest BCUT2D eigenvalue weighted by Gasteiger charge is -2.26. The van der Waals surface area contributed by atoms with E-state index in [0.717, 1.165) is 10.6 Å². The Morgan fingerprint density at radius 3 is 2.43 bits per heavy atom. The van der Waals surface area contributed by atoms with E-state index in [-0.39, 0.29) is 11.9 Å². The van der Waals surface area contributed by atoms with E-state index in [4.69, 9.17) is 4.74 Å². The van der Waals surface area contributed by atoms with Crippen molar-refractivity contribution in [3.05, 3.63) is 70.7 Å². The van der Waals surface area contributed by atoms with Crippen LogP contribution in [0.15, 0.2) is 54.6 Å². The molecule has 0 unspecified atom stereocenters. The number of hydrogen-bond acceptors (Lipinski definition) is 6. The Morgan fingerprint density at radius 1 is 0.967 bits per heavy atom. The number of benzene rings is 2. The molecule has 4 rings (SSSR count). The molecule has 1 aliphatic heterocycles. The van der Waals surface area contributed by atoms with Crippen molar-refractivity contribution in [3.63, 3.8) is 0 Å². The van der Waals surface area contributed by atoms with Gasteiger partial charge in [-0.15, -0.1) is 10.2 Å². The summed E-state index contributed by atoms with van der Waals surface area (Å²) in [7, 11) is 0. The largest absolute Gasteiger partial charge is 0.378 e. The molecule has 2 heterocycles. The van der Waals surface area contributed by atoms with Gasteiger partial charge >= 0.3 is 6.03 Å². The number of carbonyl (C=O) groups is 2. The molecule has 154 valence electrons. The molecule has 2 aromatic carbocycles. The van der Waals surface area contributed by atoms with Crippen molar-refractivity contribution in [2.45, 2.75) is 6.42 Å². The molecule has 30 heavy (non-hydrogen) atoms.